The molecule has 0 spiro atoms. The van der Waals surface area contributed by atoms with E-state index in [1.54, 1.807) is 0 Å². The molecule has 1 atom stereocenters. The van der Waals surface area contributed by atoms with Crippen LogP contribution in [0.1, 0.15) is 28.4 Å². The Labute approximate surface area is 135 Å². The number of hydrogen-bond donors (Lipinski definition) is 1. The average molecular weight is 300 g/mol. The summed E-state index contributed by atoms with van der Waals surface area (Å²) in [6.07, 6.45) is -0.469. The highest BCUT2D eigenvalue weighted by Gasteiger charge is 2.33. The summed E-state index contributed by atoms with van der Waals surface area (Å²) in [5.41, 5.74) is 6.40. The predicted molar refractivity (Wildman–Crippen MR) is 91.7 cm³/mol. The lowest BCUT2D eigenvalue weighted by atomic mass is 9.94. The molecule has 0 amide bonds. The van der Waals surface area contributed by atoms with Crippen LogP contribution in [-0.4, -0.2) is 5.26 Å². The molecule has 3 aromatic carbocycles. The molecule has 1 aliphatic carbocycles. The smallest absolute Gasteiger partial charge is 0.145 e. The second-order valence-corrected chi connectivity index (χ2v) is 5.59. The van der Waals surface area contributed by atoms with E-state index in [2.05, 4.69) is 30.3 Å². The summed E-state index contributed by atoms with van der Waals surface area (Å²) in [4.78, 5) is 4.90. The SMILES string of the molecule is OOC1C(c2ccccc2)=C(c2ccccc2)c2ccccc21. The van der Waals surface area contributed by atoms with Crippen LogP contribution in [0.4, 0.5) is 0 Å². The van der Waals surface area contributed by atoms with Crippen molar-refractivity contribution in [3.8, 4) is 0 Å². The zero-order valence-electron chi connectivity index (χ0n) is 12.5. The topological polar surface area (TPSA) is 29.5 Å². The fourth-order valence-electron chi connectivity index (χ4n) is 3.32. The average Bonchev–Trinajstić information content (AvgIpc) is 2.97. The van der Waals surface area contributed by atoms with E-state index >= 15 is 0 Å². The Balaban J connectivity index is 2.03. The summed E-state index contributed by atoms with van der Waals surface area (Å²) in [7, 11) is 0. The van der Waals surface area contributed by atoms with E-state index in [-0.39, 0.29) is 0 Å². The third-order valence-corrected chi connectivity index (χ3v) is 4.30. The van der Waals surface area contributed by atoms with Gasteiger partial charge in [0.05, 0.1) is 0 Å². The van der Waals surface area contributed by atoms with Gasteiger partial charge in [0.25, 0.3) is 0 Å². The molecule has 0 radical (unpaired) electrons. The Morgan fingerprint density at radius 2 is 1.22 bits per heavy atom. The Morgan fingerprint density at radius 1 is 0.652 bits per heavy atom. The summed E-state index contributed by atoms with van der Waals surface area (Å²) < 4.78 is 0. The third kappa shape index (κ3) is 2.29. The van der Waals surface area contributed by atoms with Crippen molar-refractivity contribution in [2.45, 2.75) is 6.10 Å². The van der Waals surface area contributed by atoms with Crippen LogP contribution >= 0.6 is 0 Å². The Morgan fingerprint density at radius 3 is 1.87 bits per heavy atom. The lowest BCUT2D eigenvalue weighted by Gasteiger charge is -2.14. The molecule has 0 heterocycles. The normalized spacial score (nSPS) is 16.5. The molecular formula is C21H16O2. The zero-order chi connectivity index (χ0) is 15.6. The molecule has 23 heavy (non-hydrogen) atoms. The molecule has 0 aliphatic heterocycles. The predicted octanol–water partition coefficient (Wildman–Crippen LogP) is 5.19. The highest BCUT2D eigenvalue weighted by atomic mass is 17.1. The van der Waals surface area contributed by atoms with Crippen LogP contribution in [-0.2, 0) is 4.89 Å². The van der Waals surface area contributed by atoms with Crippen LogP contribution in [0.2, 0.25) is 0 Å². The monoisotopic (exact) mass is 300 g/mol. The highest BCUT2D eigenvalue weighted by Crippen LogP contribution is 2.49. The second-order valence-electron chi connectivity index (χ2n) is 5.59. The Kier molecular flexibility index (Phi) is 3.54. The molecule has 0 fully saturated rings. The first-order valence-electron chi connectivity index (χ1n) is 7.64. The minimum atomic E-state index is -0.469. The maximum absolute atomic E-state index is 9.58. The van der Waals surface area contributed by atoms with Crippen LogP contribution in [0.25, 0.3) is 11.1 Å². The third-order valence-electron chi connectivity index (χ3n) is 4.30. The van der Waals surface area contributed by atoms with Gasteiger partial charge >= 0.3 is 0 Å². The number of rotatable bonds is 3. The summed E-state index contributed by atoms with van der Waals surface area (Å²) in [6.45, 7) is 0. The van der Waals surface area contributed by atoms with Crippen LogP contribution in [0.5, 0.6) is 0 Å². The van der Waals surface area contributed by atoms with Gasteiger partial charge in [-0.2, -0.15) is 0 Å². The highest BCUT2D eigenvalue weighted by molar-refractivity contribution is 6.05. The molecule has 2 heteroatoms. The van der Waals surface area contributed by atoms with Crippen molar-refractivity contribution >= 4 is 11.1 Å². The first kappa shape index (κ1) is 13.9. The standard InChI is InChI=1S/C21H16O2/c22-23-21-18-14-8-7-13-17(18)19(15-9-3-1-4-10-15)20(21)16-11-5-2-6-12-16/h1-14,21-22H. The van der Waals surface area contributed by atoms with Gasteiger partial charge in [-0.3, -0.25) is 5.26 Å². The fourth-order valence-corrected chi connectivity index (χ4v) is 3.32. The molecule has 4 rings (SSSR count). The van der Waals surface area contributed by atoms with E-state index in [9.17, 15) is 5.26 Å². The van der Waals surface area contributed by atoms with Crippen molar-refractivity contribution in [3.05, 3.63) is 107 Å². The van der Waals surface area contributed by atoms with E-state index in [1.165, 1.54) is 0 Å². The molecule has 112 valence electrons. The van der Waals surface area contributed by atoms with Crippen molar-refractivity contribution in [1.29, 1.82) is 0 Å². The number of fused-ring (bicyclic) bond motifs is 1. The largest absolute Gasteiger partial charge is 0.251 e. The Hall–Kier alpha value is -2.68. The van der Waals surface area contributed by atoms with E-state index in [0.717, 1.165) is 33.4 Å². The lowest BCUT2D eigenvalue weighted by molar-refractivity contribution is -0.265. The van der Waals surface area contributed by atoms with Crippen LogP contribution < -0.4 is 0 Å². The minimum Gasteiger partial charge on any atom is -0.251 e. The summed E-state index contributed by atoms with van der Waals surface area (Å²) in [5, 5.41) is 9.58. The number of benzene rings is 3. The molecule has 1 N–H and O–H groups in total. The quantitative estimate of drug-likeness (QED) is 0.533. The first-order valence-corrected chi connectivity index (χ1v) is 7.64. The summed E-state index contributed by atoms with van der Waals surface area (Å²) in [6, 6.07) is 28.4. The van der Waals surface area contributed by atoms with Crippen LogP contribution in [0.15, 0.2) is 84.9 Å². The molecule has 0 bridgehead atoms. The molecule has 1 aliphatic rings. The fraction of sp³-hybridized carbons (Fsp3) is 0.0476. The molecule has 0 saturated carbocycles. The van der Waals surface area contributed by atoms with Crippen LogP contribution in [0.3, 0.4) is 0 Å². The van der Waals surface area contributed by atoms with Crippen molar-refractivity contribution in [1.82, 2.24) is 0 Å². The van der Waals surface area contributed by atoms with Gasteiger partial charge in [0.2, 0.25) is 0 Å². The summed E-state index contributed by atoms with van der Waals surface area (Å²) >= 11 is 0. The van der Waals surface area contributed by atoms with Gasteiger partial charge in [-0.15, -0.1) is 0 Å². The first-order chi connectivity index (χ1) is 11.4. The van der Waals surface area contributed by atoms with Gasteiger partial charge in [-0.25, -0.2) is 4.89 Å². The summed E-state index contributed by atoms with van der Waals surface area (Å²) in [5.74, 6) is 0. The minimum absolute atomic E-state index is 0.469. The van der Waals surface area contributed by atoms with Gasteiger partial charge in [0.1, 0.15) is 6.10 Å². The van der Waals surface area contributed by atoms with Crippen molar-refractivity contribution in [2.75, 3.05) is 0 Å². The molecule has 2 nitrogen and oxygen atoms in total. The van der Waals surface area contributed by atoms with Gasteiger partial charge < -0.3 is 0 Å². The van der Waals surface area contributed by atoms with Gasteiger partial charge in [-0.1, -0.05) is 84.9 Å². The van der Waals surface area contributed by atoms with Crippen molar-refractivity contribution in [2.24, 2.45) is 0 Å². The van der Waals surface area contributed by atoms with Gasteiger partial charge in [0.15, 0.2) is 0 Å². The lowest BCUT2D eigenvalue weighted by Crippen LogP contribution is -2.01. The second kappa shape index (κ2) is 5.84. The molecule has 1 unspecified atom stereocenters. The molecular weight excluding hydrogens is 284 g/mol. The van der Waals surface area contributed by atoms with Crippen LogP contribution in [0, 0.1) is 0 Å². The van der Waals surface area contributed by atoms with E-state index in [4.69, 9.17) is 4.89 Å². The Bertz CT molecular complexity index is 851. The molecule has 0 saturated heterocycles. The van der Waals surface area contributed by atoms with Gasteiger partial charge in [-0.05, 0) is 27.8 Å². The van der Waals surface area contributed by atoms with E-state index in [1.807, 2.05) is 54.6 Å². The number of hydrogen-bond acceptors (Lipinski definition) is 2. The maximum Gasteiger partial charge on any atom is 0.145 e. The van der Waals surface area contributed by atoms with Gasteiger partial charge in [0, 0.05) is 5.57 Å². The van der Waals surface area contributed by atoms with E-state index in [0.29, 0.717) is 0 Å². The molecule has 3 aromatic rings. The van der Waals surface area contributed by atoms with Crippen molar-refractivity contribution in [3.63, 3.8) is 0 Å². The van der Waals surface area contributed by atoms with E-state index < -0.39 is 6.10 Å². The maximum atomic E-state index is 9.58. The zero-order valence-corrected chi connectivity index (χ0v) is 12.5. The molecule has 0 aromatic heterocycles. The van der Waals surface area contributed by atoms with Crippen molar-refractivity contribution < 1.29 is 10.1 Å².